The first-order valence-corrected chi connectivity index (χ1v) is 12.1. The maximum atomic E-state index is 6.60. The molecule has 0 unspecified atom stereocenters. The Hall–Kier alpha value is -4.07. The molecular formula is C28H23ClN4O3. The number of fused-ring (bicyclic) bond motifs is 1. The summed E-state index contributed by atoms with van der Waals surface area (Å²) in [4.78, 5) is 14.7. The fourth-order valence-corrected chi connectivity index (χ4v) is 4.40. The number of hydrogen-bond donors (Lipinski definition) is 1. The van der Waals surface area contributed by atoms with E-state index in [1.54, 1.807) is 0 Å². The van der Waals surface area contributed by atoms with Gasteiger partial charge in [0.1, 0.15) is 17.2 Å². The number of hydrogen-bond acceptors (Lipinski definition) is 6. The van der Waals surface area contributed by atoms with E-state index in [-0.39, 0.29) is 0 Å². The number of anilines is 1. The zero-order valence-electron chi connectivity index (χ0n) is 19.4. The molecule has 6 rings (SSSR count). The molecule has 0 radical (unpaired) electrons. The van der Waals surface area contributed by atoms with Crippen LogP contribution in [0.1, 0.15) is 0 Å². The number of nitrogens with zero attached hydrogens (tertiary/aromatic N) is 3. The standard InChI is InChI=1S/C28H23ClN4O3/c29-24-18-25-27(31-26(24)19-9-11-20(12-10-19)33-13-15-34-16-14-33)32-28(30-25)36-23-8-4-7-22(17-23)35-21-5-2-1-3-6-21/h1-12,17-18H,13-16H2,(H,30,31,32). The third-order valence-electron chi connectivity index (χ3n) is 5.92. The van der Waals surface area contributed by atoms with Crippen molar-refractivity contribution in [2.24, 2.45) is 0 Å². The Morgan fingerprint density at radius 2 is 1.50 bits per heavy atom. The van der Waals surface area contributed by atoms with Crippen molar-refractivity contribution in [3.63, 3.8) is 0 Å². The van der Waals surface area contributed by atoms with Crippen molar-refractivity contribution in [2.75, 3.05) is 31.2 Å². The molecule has 36 heavy (non-hydrogen) atoms. The van der Waals surface area contributed by atoms with E-state index in [4.69, 9.17) is 30.8 Å². The normalized spacial score (nSPS) is 13.6. The Morgan fingerprint density at radius 1 is 0.778 bits per heavy atom. The van der Waals surface area contributed by atoms with Gasteiger partial charge in [0.2, 0.25) is 0 Å². The Balaban J connectivity index is 1.22. The minimum atomic E-state index is 0.324. The molecular weight excluding hydrogens is 476 g/mol. The summed E-state index contributed by atoms with van der Waals surface area (Å²) in [7, 11) is 0. The second kappa shape index (κ2) is 9.89. The molecule has 3 aromatic carbocycles. The molecule has 1 fully saturated rings. The summed E-state index contributed by atoms with van der Waals surface area (Å²) < 4.78 is 17.3. The van der Waals surface area contributed by atoms with Crippen molar-refractivity contribution in [1.82, 2.24) is 15.0 Å². The van der Waals surface area contributed by atoms with Gasteiger partial charge in [0, 0.05) is 30.4 Å². The Labute approximate surface area is 213 Å². The second-order valence-electron chi connectivity index (χ2n) is 8.37. The maximum Gasteiger partial charge on any atom is 0.301 e. The number of morpholine rings is 1. The minimum Gasteiger partial charge on any atom is -0.457 e. The van der Waals surface area contributed by atoms with Gasteiger partial charge in [-0.3, -0.25) is 0 Å². The number of para-hydroxylation sites is 1. The minimum absolute atomic E-state index is 0.324. The van der Waals surface area contributed by atoms with Crippen LogP contribution < -0.4 is 14.4 Å². The molecule has 0 saturated carbocycles. The predicted molar refractivity (Wildman–Crippen MR) is 140 cm³/mol. The largest absolute Gasteiger partial charge is 0.457 e. The average molecular weight is 499 g/mol. The first-order chi connectivity index (χ1) is 17.7. The van der Waals surface area contributed by atoms with Crippen LogP contribution >= 0.6 is 11.6 Å². The zero-order chi connectivity index (χ0) is 24.3. The zero-order valence-corrected chi connectivity index (χ0v) is 20.1. The lowest BCUT2D eigenvalue weighted by Crippen LogP contribution is -2.36. The van der Waals surface area contributed by atoms with E-state index in [0.29, 0.717) is 39.4 Å². The molecule has 8 heteroatoms. The van der Waals surface area contributed by atoms with Gasteiger partial charge in [-0.25, -0.2) is 4.98 Å². The Bertz CT molecular complexity index is 1480. The number of nitrogens with one attached hydrogen (secondary N) is 1. The summed E-state index contributed by atoms with van der Waals surface area (Å²) in [5, 5.41) is 0.537. The van der Waals surface area contributed by atoms with Gasteiger partial charge in [0.25, 0.3) is 0 Å². The van der Waals surface area contributed by atoms with Crippen molar-refractivity contribution in [2.45, 2.75) is 0 Å². The van der Waals surface area contributed by atoms with Crippen LogP contribution in [0.4, 0.5) is 5.69 Å². The molecule has 5 aromatic rings. The van der Waals surface area contributed by atoms with Gasteiger partial charge in [0.15, 0.2) is 5.65 Å². The van der Waals surface area contributed by atoms with Crippen molar-refractivity contribution >= 4 is 28.5 Å². The van der Waals surface area contributed by atoms with E-state index in [9.17, 15) is 0 Å². The van der Waals surface area contributed by atoms with E-state index in [2.05, 4.69) is 27.0 Å². The lowest BCUT2D eigenvalue weighted by Gasteiger charge is -2.28. The van der Waals surface area contributed by atoms with Crippen LogP contribution in [0, 0.1) is 0 Å². The van der Waals surface area contributed by atoms with Gasteiger partial charge in [-0.2, -0.15) is 4.98 Å². The quantitative estimate of drug-likeness (QED) is 0.281. The molecule has 1 aliphatic heterocycles. The lowest BCUT2D eigenvalue weighted by molar-refractivity contribution is 0.122. The number of benzene rings is 3. The van der Waals surface area contributed by atoms with Gasteiger partial charge in [-0.05, 0) is 42.5 Å². The number of halogens is 1. The SMILES string of the molecule is Clc1cc2[nH]c(Oc3cccc(Oc4ccccc4)c3)nc2nc1-c1ccc(N2CCOCC2)cc1. The van der Waals surface area contributed by atoms with E-state index in [1.165, 1.54) is 0 Å². The fourth-order valence-electron chi connectivity index (χ4n) is 4.14. The highest BCUT2D eigenvalue weighted by atomic mass is 35.5. The van der Waals surface area contributed by atoms with Gasteiger partial charge >= 0.3 is 6.01 Å². The number of ether oxygens (including phenoxy) is 3. The van der Waals surface area contributed by atoms with Gasteiger partial charge in [-0.15, -0.1) is 0 Å². The summed E-state index contributed by atoms with van der Waals surface area (Å²) in [5.41, 5.74) is 3.98. The monoisotopic (exact) mass is 498 g/mol. The molecule has 1 aliphatic rings. The highest BCUT2D eigenvalue weighted by Crippen LogP contribution is 2.32. The molecule has 180 valence electrons. The van der Waals surface area contributed by atoms with Crippen LogP contribution in [-0.4, -0.2) is 41.3 Å². The van der Waals surface area contributed by atoms with E-state index >= 15 is 0 Å². The molecule has 2 aromatic heterocycles. The van der Waals surface area contributed by atoms with Crippen molar-refractivity contribution < 1.29 is 14.2 Å². The number of pyridine rings is 1. The smallest absolute Gasteiger partial charge is 0.301 e. The lowest BCUT2D eigenvalue weighted by atomic mass is 10.1. The van der Waals surface area contributed by atoms with Gasteiger partial charge in [0.05, 0.1) is 29.4 Å². The molecule has 1 saturated heterocycles. The summed E-state index contributed by atoms with van der Waals surface area (Å²) >= 11 is 6.60. The molecule has 0 spiro atoms. The third kappa shape index (κ3) is 4.84. The second-order valence-corrected chi connectivity index (χ2v) is 8.78. The Morgan fingerprint density at radius 3 is 2.28 bits per heavy atom. The average Bonchev–Trinajstić information content (AvgIpc) is 3.30. The van der Waals surface area contributed by atoms with E-state index in [1.807, 2.05) is 72.8 Å². The summed E-state index contributed by atoms with van der Waals surface area (Å²) in [6.45, 7) is 3.28. The van der Waals surface area contributed by atoms with Crippen molar-refractivity contribution in [3.8, 4) is 34.5 Å². The summed E-state index contributed by atoms with van der Waals surface area (Å²) in [6, 6.07) is 27.4. The van der Waals surface area contributed by atoms with Crippen LogP contribution in [0.5, 0.6) is 23.3 Å². The number of aromatic amines is 1. The highest BCUT2D eigenvalue weighted by molar-refractivity contribution is 6.33. The number of imidazole rings is 1. The molecule has 7 nitrogen and oxygen atoms in total. The van der Waals surface area contributed by atoms with Crippen LogP contribution in [0.25, 0.3) is 22.4 Å². The molecule has 1 N–H and O–H groups in total. The number of H-pyrrole nitrogens is 1. The van der Waals surface area contributed by atoms with Gasteiger partial charge in [-0.1, -0.05) is 48.0 Å². The van der Waals surface area contributed by atoms with Crippen LogP contribution in [0.15, 0.2) is 84.9 Å². The highest BCUT2D eigenvalue weighted by Gasteiger charge is 2.15. The first-order valence-electron chi connectivity index (χ1n) is 11.7. The van der Waals surface area contributed by atoms with Crippen LogP contribution in [0.3, 0.4) is 0 Å². The van der Waals surface area contributed by atoms with E-state index in [0.717, 1.165) is 43.3 Å². The molecule has 0 amide bonds. The van der Waals surface area contributed by atoms with E-state index < -0.39 is 0 Å². The molecule has 0 atom stereocenters. The van der Waals surface area contributed by atoms with Crippen LogP contribution in [-0.2, 0) is 4.74 Å². The predicted octanol–water partition coefficient (Wildman–Crippen LogP) is 6.70. The topological polar surface area (TPSA) is 72.5 Å². The Kier molecular flexibility index (Phi) is 6.15. The van der Waals surface area contributed by atoms with Gasteiger partial charge < -0.3 is 24.1 Å². The maximum absolute atomic E-state index is 6.60. The summed E-state index contributed by atoms with van der Waals surface area (Å²) in [6.07, 6.45) is 0. The molecule has 0 bridgehead atoms. The van der Waals surface area contributed by atoms with Crippen molar-refractivity contribution in [3.05, 3.63) is 90.0 Å². The van der Waals surface area contributed by atoms with Crippen LogP contribution in [0.2, 0.25) is 5.02 Å². The third-order valence-corrected chi connectivity index (χ3v) is 6.21. The first kappa shape index (κ1) is 22.4. The fraction of sp³-hybridized carbons (Fsp3) is 0.143. The van der Waals surface area contributed by atoms with Crippen molar-refractivity contribution in [1.29, 1.82) is 0 Å². The number of aromatic nitrogens is 3. The number of rotatable bonds is 6. The molecule has 3 heterocycles. The summed E-state index contributed by atoms with van der Waals surface area (Å²) in [5.74, 6) is 2.01. The molecule has 0 aliphatic carbocycles.